The smallest absolute Gasteiger partial charge is 0.266 e. The highest BCUT2D eigenvalue weighted by molar-refractivity contribution is 9.09. The Morgan fingerprint density at radius 2 is 1.88 bits per heavy atom. The van der Waals surface area contributed by atoms with E-state index in [1.165, 1.54) is 0 Å². The van der Waals surface area contributed by atoms with Gasteiger partial charge in [-0.25, -0.2) is 0 Å². The average Bonchev–Trinajstić information content (AvgIpc) is 2.17. The highest BCUT2D eigenvalue weighted by Gasteiger charge is 2.14. The van der Waals surface area contributed by atoms with Crippen molar-refractivity contribution < 1.29 is 12.6 Å². The Hall–Kier alpha value is -0.390. The Bertz CT molecular complexity index is 423. The highest BCUT2D eigenvalue weighted by Crippen LogP contribution is 2.14. The molecule has 0 aromatic heterocycles. The molecule has 0 aliphatic rings. The summed E-state index contributed by atoms with van der Waals surface area (Å²) in [6.07, 6.45) is 0.658. The van der Waals surface area contributed by atoms with Crippen LogP contribution in [0.15, 0.2) is 29.2 Å². The number of halogens is 1. The van der Waals surface area contributed by atoms with Gasteiger partial charge in [0, 0.05) is 4.83 Å². The molecular formula is C11H15BrO3S. The number of hydrogen-bond acceptors (Lipinski definition) is 3. The van der Waals surface area contributed by atoms with Crippen LogP contribution in [-0.4, -0.2) is 19.9 Å². The van der Waals surface area contributed by atoms with Gasteiger partial charge in [-0.3, -0.25) is 4.18 Å². The van der Waals surface area contributed by atoms with E-state index < -0.39 is 10.1 Å². The van der Waals surface area contributed by atoms with Crippen molar-refractivity contribution >= 4 is 26.0 Å². The van der Waals surface area contributed by atoms with Crippen molar-refractivity contribution in [1.82, 2.24) is 0 Å². The lowest BCUT2D eigenvalue weighted by Crippen LogP contribution is -2.09. The third-order valence-electron chi connectivity index (χ3n) is 2.06. The summed E-state index contributed by atoms with van der Waals surface area (Å²) >= 11 is 3.33. The van der Waals surface area contributed by atoms with Gasteiger partial charge in [0.15, 0.2) is 0 Å². The SMILES string of the molecule is Cc1ccc(S(=O)(=O)OCCC(C)Br)cc1. The average molecular weight is 307 g/mol. The second kappa shape index (κ2) is 5.80. The molecule has 1 atom stereocenters. The van der Waals surface area contributed by atoms with E-state index in [-0.39, 0.29) is 16.3 Å². The van der Waals surface area contributed by atoms with E-state index in [0.29, 0.717) is 6.42 Å². The lowest BCUT2D eigenvalue weighted by atomic mass is 10.2. The first-order valence-corrected chi connectivity index (χ1v) is 7.34. The summed E-state index contributed by atoms with van der Waals surface area (Å²) in [5.74, 6) is 0. The Kier molecular flexibility index (Phi) is 4.95. The van der Waals surface area contributed by atoms with Crippen LogP contribution in [0.1, 0.15) is 18.9 Å². The monoisotopic (exact) mass is 306 g/mol. The standard InChI is InChI=1S/C11H15BrO3S/c1-9-3-5-11(6-4-9)16(13,14)15-8-7-10(2)12/h3-6,10H,7-8H2,1-2H3. The van der Waals surface area contributed by atoms with Crippen LogP contribution in [-0.2, 0) is 14.3 Å². The molecule has 0 aliphatic heterocycles. The number of rotatable bonds is 5. The van der Waals surface area contributed by atoms with Crippen molar-refractivity contribution in [2.24, 2.45) is 0 Å². The number of hydrogen-bond donors (Lipinski definition) is 0. The molecule has 0 spiro atoms. The van der Waals surface area contributed by atoms with E-state index in [1.807, 2.05) is 13.8 Å². The summed E-state index contributed by atoms with van der Waals surface area (Å²) in [6.45, 7) is 4.05. The Balaban J connectivity index is 2.67. The summed E-state index contributed by atoms with van der Waals surface area (Å²) in [5.41, 5.74) is 1.02. The van der Waals surface area contributed by atoms with Crippen LogP contribution < -0.4 is 0 Å². The first-order chi connectivity index (χ1) is 7.42. The van der Waals surface area contributed by atoms with Crippen molar-refractivity contribution in [3.8, 4) is 0 Å². The molecule has 0 radical (unpaired) electrons. The topological polar surface area (TPSA) is 43.4 Å². The fourth-order valence-corrected chi connectivity index (χ4v) is 2.20. The van der Waals surface area contributed by atoms with Gasteiger partial charge >= 0.3 is 0 Å². The lowest BCUT2D eigenvalue weighted by Gasteiger charge is -2.06. The summed E-state index contributed by atoms with van der Waals surface area (Å²) in [6, 6.07) is 6.62. The Morgan fingerprint density at radius 3 is 2.38 bits per heavy atom. The van der Waals surface area contributed by atoms with E-state index in [0.717, 1.165) is 5.56 Å². The molecule has 0 saturated carbocycles. The van der Waals surface area contributed by atoms with Crippen molar-refractivity contribution in [2.75, 3.05) is 6.61 Å². The zero-order valence-electron chi connectivity index (χ0n) is 9.31. The molecule has 1 aromatic rings. The Morgan fingerprint density at radius 1 is 1.31 bits per heavy atom. The minimum Gasteiger partial charge on any atom is -0.266 e. The first-order valence-electron chi connectivity index (χ1n) is 5.02. The molecule has 0 amide bonds. The van der Waals surface area contributed by atoms with Crippen LogP contribution >= 0.6 is 15.9 Å². The maximum atomic E-state index is 11.7. The van der Waals surface area contributed by atoms with Gasteiger partial charge in [0.2, 0.25) is 0 Å². The largest absolute Gasteiger partial charge is 0.296 e. The highest BCUT2D eigenvalue weighted by atomic mass is 79.9. The lowest BCUT2D eigenvalue weighted by molar-refractivity contribution is 0.313. The predicted molar refractivity (Wildman–Crippen MR) is 67.3 cm³/mol. The molecule has 1 unspecified atom stereocenters. The van der Waals surface area contributed by atoms with Crippen LogP contribution in [0.3, 0.4) is 0 Å². The number of benzene rings is 1. The number of aryl methyl sites for hydroxylation is 1. The molecule has 0 bridgehead atoms. The molecule has 90 valence electrons. The van der Waals surface area contributed by atoms with Crippen molar-refractivity contribution in [1.29, 1.82) is 0 Å². The van der Waals surface area contributed by atoms with Crippen LogP contribution in [0.4, 0.5) is 0 Å². The van der Waals surface area contributed by atoms with Crippen molar-refractivity contribution in [3.05, 3.63) is 29.8 Å². The van der Waals surface area contributed by atoms with Gasteiger partial charge < -0.3 is 0 Å². The van der Waals surface area contributed by atoms with Crippen LogP contribution in [0.25, 0.3) is 0 Å². The second-order valence-electron chi connectivity index (χ2n) is 3.66. The molecule has 0 N–H and O–H groups in total. The Labute approximate surface area is 105 Å². The fourth-order valence-electron chi connectivity index (χ4n) is 1.09. The minimum absolute atomic E-state index is 0.197. The van der Waals surface area contributed by atoms with E-state index in [9.17, 15) is 8.42 Å². The third-order valence-corrected chi connectivity index (χ3v) is 3.85. The molecule has 0 fully saturated rings. The molecule has 16 heavy (non-hydrogen) atoms. The first kappa shape index (κ1) is 13.7. The number of alkyl halides is 1. The molecule has 0 saturated heterocycles. The molecule has 0 aliphatic carbocycles. The second-order valence-corrected chi connectivity index (χ2v) is 6.84. The summed E-state index contributed by atoms with van der Waals surface area (Å²) in [5, 5.41) is 0. The molecule has 1 rings (SSSR count). The van der Waals surface area contributed by atoms with Crippen LogP contribution in [0, 0.1) is 6.92 Å². The van der Waals surface area contributed by atoms with Gasteiger partial charge in [0.1, 0.15) is 0 Å². The van der Waals surface area contributed by atoms with E-state index >= 15 is 0 Å². The zero-order chi connectivity index (χ0) is 12.2. The third kappa shape index (κ3) is 4.23. The van der Waals surface area contributed by atoms with Crippen LogP contribution in [0.5, 0.6) is 0 Å². The van der Waals surface area contributed by atoms with Gasteiger partial charge in [0.25, 0.3) is 10.1 Å². The molecular weight excluding hydrogens is 292 g/mol. The zero-order valence-corrected chi connectivity index (χ0v) is 11.7. The van der Waals surface area contributed by atoms with Crippen molar-refractivity contribution in [2.45, 2.75) is 30.0 Å². The van der Waals surface area contributed by atoms with E-state index in [1.54, 1.807) is 24.3 Å². The van der Waals surface area contributed by atoms with Gasteiger partial charge in [-0.05, 0) is 25.5 Å². The summed E-state index contributed by atoms with van der Waals surface area (Å²) < 4.78 is 28.3. The van der Waals surface area contributed by atoms with E-state index in [2.05, 4.69) is 15.9 Å². The molecule has 5 heteroatoms. The summed E-state index contributed by atoms with van der Waals surface area (Å²) in [4.78, 5) is 0.459. The molecule has 3 nitrogen and oxygen atoms in total. The van der Waals surface area contributed by atoms with Gasteiger partial charge in [-0.15, -0.1) is 0 Å². The van der Waals surface area contributed by atoms with Gasteiger partial charge in [-0.2, -0.15) is 8.42 Å². The molecule has 0 heterocycles. The quantitative estimate of drug-likeness (QED) is 0.620. The summed E-state index contributed by atoms with van der Waals surface area (Å²) in [7, 11) is -3.59. The van der Waals surface area contributed by atoms with Crippen molar-refractivity contribution in [3.63, 3.8) is 0 Å². The minimum atomic E-state index is -3.59. The molecule has 1 aromatic carbocycles. The fraction of sp³-hybridized carbons (Fsp3) is 0.455. The maximum Gasteiger partial charge on any atom is 0.296 e. The predicted octanol–water partition coefficient (Wildman–Crippen LogP) is 2.87. The van der Waals surface area contributed by atoms with Gasteiger partial charge in [-0.1, -0.05) is 40.5 Å². The van der Waals surface area contributed by atoms with Crippen LogP contribution in [0.2, 0.25) is 0 Å². The van der Waals surface area contributed by atoms with Gasteiger partial charge in [0.05, 0.1) is 11.5 Å². The van der Waals surface area contributed by atoms with E-state index in [4.69, 9.17) is 4.18 Å². The normalized spacial score (nSPS) is 13.7. The maximum absolute atomic E-state index is 11.7.